The van der Waals surface area contributed by atoms with Crippen LogP contribution in [0.1, 0.15) is 217 Å². The van der Waals surface area contributed by atoms with Gasteiger partial charge < -0.3 is 30.6 Å². The molecular weight excluding hydrogens is 1730 g/mol. The van der Waals surface area contributed by atoms with Gasteiger partial charge in [-0.15, -0.1) is 0 Å². The quantitative estimate of drug-likeness (QED) is 0.0355. The van der Waals surface area contributed by atoms with E-state index in [1.165, 1.54) is 146 Å². The van der Waals surface area contributed by atoms with Crippen LogP contribution in [0.2, 0.25) is 0 Å². The Labute approximate surface area is 733 Å². The molecule has 126 heavy (non-hydrogen) atoms. The summed E-state index contributed by atoms with van der Waals surface area (Å²) < 4.78 is 212. The zero-order chi connectivity index (χ0) is 92.5. The van der Waals surface area contributed by atoms with Crippen molar-refractivity contribution in [3.05, 3.63) is 352 Å². The Bertz CT molecular complexity index is 5880. The Morgan fingerprint density at radius 3 is 0.333 bits per heavy atom. The van der Waals surface area contributed by atoms with Gasteiger partial charge in [-0.25, -0.2) is 0 Å². The Hall–Kier alpha value is -11.1. The van der Waals surface area contributed by atoms with Crippen molar-refractivity contribution in [1.82, 2.24) is 0 Å². The van der Waals surface area contributed by atoms with Gasteiger partial charge in [0.2, 0.25) is 0 Å². The smallest absolute Gasteiger partial charge is 0.294 e. The van der Waals surface area contributed by atoms with Gasteiger partial charge in [0.1, 0.15) is 34.5 Å². The van der Waals surface area contributed by atoms with Gasteiger partial charge in [0.15, 0.2) is 0 Å². The van der Waals surface area contributed by atoms with Crippen LogP contribution in [0, 0.1) is 0 Å². The highest BCUT2D eigenvalue weighted by Gasteiger charge is 2.37. The summed E-state index contributed by atoms with van der Waals surface area (Å²) in [5, 5.41) is 80.7. The highest BCUT2D eigenvalue weighted by molar-refractivity contribution is 7.87. The second-order valence-electron chi connectivity index (χ2n) is 35.7. The van der Waals surface area contributed by atoms with Crippen molar-refractivity contribution < 1.29 is 108 Å². The maximum atomic E-state index is 13.5. The summed E-state index contributed by atoms with van der Waals surface area (Å²) in [6, 6.07) is 53.4. The molecule has 0 amide bonds. The average molecular weight is 1830 g/mol. The van der Waals surface area contributed by atoms with Gasteiger partial charge in [0, 0.05) is 71.0 Å². The first-order chi connectivity index (χ1) is 58.2. The molecule has 0 atom stereocenters. The largest absolute Gasteiger partial charge is 0.507 e. The highest BCUT2D eigenvalue weighted by atomic mass is 32.2. The summed E-state index contributed by atoms with van der Waals surface area (Å²) in [6.07, 6.45) is -1.91. The highest BCUT2D eigenvalue weighted by Crippen LogP contribution is 2.49. The molecule has 0 aromatic heterocycles. The van der Waals surface area contributed by atoms with E-state index in [-0.39, 0.29) is 140 Å². The normalized spacial score (nSPS) is 13.9. The Morgan fingerprint density at radius 2 is 0.254 bits per heavy atom. The monoisotopic (exact) mass is 1820 g/mol. The number of hydrogen-bond donors (Lipinski definition) is 12. The molecule has 0 saturated carbocycles. The minimum absolute atomic E-state index is 0.168. The Kier molecular flexibility index (Phi) is 24.0. The molecule has 0 fully saturated rings. The van der Waals surface area contributed by atoms with Gasteiger partial charge in [-0.3, -0.25) is 27.3 Å². The van der Waals surface area contributed by atoms with Gasteiger partial charge in [0.05, 0.1) is 29.4 Å². The molecule has 12 aromatic rings. The van der Waals surface area contributed by atoms with E-state index in [1.54, 1.807) is 72.8 Å². The van der Waals surface area contributed by atoms with E-state index in [1.807, 2.05) is 83.1 Å². The molecule has 30 heteroatoms. The molecule has 0 unspecified atom stereocenters. The molecule has 12 bridgehead atoms. The van der Waals surface area contributed by atoms with Crippen molar-refractivity contribution >= 4 is 60.7 Å². The second-order valence-corrected chi connectivity index (χ2v) is 44.2. The molecule has 12 N–H and O–H groups in total. The lowest BCUT2D eigenvalue weighted by atomic mass is 9.74. The number of benzene rings is 12. The number of aromatic hydroxyl groups is 6. The Balaban J connectivity index is 1.15. The number of rotatable bonds is 18. The van der Waals surface area contributed by atoms with Crippen molar-refractivity contribution in [2.45, 2.75) is 183 Å². The molecular formula is C96H96O24S6. The van der Waals surface area contributed by atoms with E-state index in [9.17, 15) is 108 Å². The van der Waals surface area contributed by atoms with Crippen molar-refractivity contribution in [2.75, 3.05) is 0 Å². The van der Waals surface area contributed by atoms with Crippen LogP contribution >= 0.6 is 0 Å². The van der Waals surface area contributed by atoms with Crippen molar-refractivity contribution in [3.8, 4) is 34.5 Å². The van der Waals surface area contributed by atoms with E-state index in [2.05, 4.69) is 0 Å². The zero-order valence-corrected chi connectivity index (χ0v) is 75.6. The SMILES string of the molecule is CC(C)(c1ccc(S(=O)(=O)O)cc1)c1cc2c(O)c(c1)Cc1cc(C(C)(C)c3ccc(S(=O)(=O)O)cc3)cc(c1O)Cc1cc(C(C)(C)c3ccc(S(=O)(=O)O)cc3)cc(c1O)Cc1cc(C(C)(C)c3ccc(S(=O)(=O)O)cc3)cc(c1O)Cc1cc(C(C)(C)c3ccc(S(=O)(=O)O)cc3)cc(c1O)Cc1cc(C(C)(C)c3ccc(S(=O)(=O)O)cc3)cc(c1O)C2. The van der Waals surface area contributed by atoms with Gasteiger partial charge in [-0.1, -0.05) is 229 Å². The summed E-state index contributed by atoms with van der Waals surface area (Å²) in [6.45, 7) is 22.0. The van der Waals surface area contributed by atoms with Crippen LogP contribution in [-0.4, -0.2) is 108 Å². The molecule has 24 nitrogen and oxygen atoms in total. The third-order valence-electron chi connectivity index (χ3n) is 25.5. The van der Waals surface area contributed by atoms with Crippen LogP contribution < -0.4 is 0 Å². The molecule has 0 saturated heterocycles. The van der Waals surface area contributed by atoms with Crippen molar-refractivity contribution in [1.29, 1.82) is 0 Å². The maximum Gasteiger partial charge on any atom is 0.294 e. The third-order valence-corrected chi connectivity index (χ3v) is 30.7. The van der Waals surface area contributed by atoms with Crippen molar-refractivity contribution in [3.63, 3.8) is 0 Å². The van der Waals surface area contributed by atoms with E-state index in [0.717, 1.165) is 0 Å². The number of phenolic OH excluding ortho intramolecular Hbond substituents is 6. The molecule has 12 aromatic carbocycles. The summed E-state index contributed by atoms with van der Waals surface area (Å²) >= 11 is 0. The van der Waals surface area contributed by atoms with Crippen LogP contribution in [0.25, 0.3) is 0 Å². The van der Waals surface area contributed by atoms with E-state index >= 15 is 0 Å². The van der Waals surface area contributed by atoms with Gasteiger partial charge >= 0.3 is 0 Å². The van der Waals surface area contributed by atoms with Crippen LogP contribution in [0.3, 0.4) is 0 Å². The van der Waals surface area contributed by atoms with Crippen LogP contribution in [0.15, 0.2) is 248 Å². The average Bonchev–Trinajstić information content (AvgIpc) is 0.759. The summed E-state index contributed by atoms with van der Waals surface area (Å²) in [7, 11) is -28.2. The summed E-state index contributed by atoms with van der Waals surface area (Å²) in [4.78, 5) is -2.41. The zero-order valence-electron chi connectivity index (χ0n) is 70.7. The van der Waals surface area contributed by atoms with Gasteiger partial charge in [-0.05, 0) is 206 Å². The van der Waals surface area contributed by atoms with Crippen molar-refractivity contribution in [2.24, 2.45) is 0 Å². The minimum atomic E-state index is -4.70. The fourth-order valence-electron chi connectivity index (χ4n) is 16.8. The first-order valence-electron chi connectivity index (χ1n) is 39.8. The molecule has 0 spiro atoms. The molecule has 0 heterocycles. The topological polar surface area (TPSA) is 448 Å². The van der Waals surface area contributed by atoms with Crippen LogP contribution in [-0.2, 0) is 132 Å². The standard InChI is InChI=1S/C96H96O24S6/c1-91(2,67-13-25-79(26-14-67)121(103,104)105)73-43-55-37-57-45-74(92(3,4)68-15-27-80(28-16-68)122(106,107)108)47-59(86(57)98)39-61-49-76(94(7,8)70-19-31-82(32-20-70)124(112,113)114)51-63(88(61)100)41-65-53-78(96(11,12)72-23-35-84(36-24-72)126(118,119)120)54-66(90(65)102)42-64-52-77(95(9,10)71-21-33-83(34-22-71)125(115,116)117)50-62(89(64)101)40-60-48-75(46-58(87(60)99)38-56(44-73)85(55)97)93(5,6)69-17-29-81(30-18-69)123(109,110)111/h13-36,43-54,97-102H,37-42H2,1-12H3,(H,103,104,105)(H,106,107,108)(H,109,110,111)(H,112,113,114)(H,115,116,117)(H,118,119,120). The molecule has 660 valence electrons. The minimum Gasteiger partial charge on any atom is -0.507 e. The predicted molar refractivity (Wildman–Crippen MR) is 476 cm³/mol. The maximum absolute atomic E-state index is 13.5. The molecule has 0 aliphatic heterocycles. The molecule has 1 aliphatic rings. The van der Waals surface area contributed by atoms with Gasteiger partial charge in [0.25, 0.3) is 60.7 Å². The fraction of sp³-hybridized carbons (Fsp3) is 0.250. The fourth-order valence-corrected chi connectivity index (χ4v) is 19.7. The first kappa shape index (κ1) is 92.6. The second kappa shape index (κ2) is 32.6. The van der Waals surface area contributed by atoms with E-state index < -0.39 is 123 Å². The van der Waals surface area contributed by atoms with E-state index in [4.69, 9.17) is 0 Å². The Morgan fingerprint density at radius 1 is 0.167 bits per heavy atom. The van der Waals surface area contributed by atoms with E-state index in [0.29, 0.717) is 66.8 Å². The third kappa shape index (κ3) is 18.4. The number of phenols is 6. The molecule has 0 radical (unpaired) electrons. The predicted octanol–water partition coefficient (Wildman–Crippen LogP) is 17.2. The number of fused-ring (bicyclic) bond motifs is 12. The number of hydrogen-bond acceptors (Lipinski definition) is 18. The summed E-state index contributed by atoms with van der Waals surface area (Å²) in [5.41, 5.74) is 1.05. The lowest BCUT2D eigenvalue weighted by Crippen LogP contribution is -2.21. The van der Waals surface area contributed by atoms with Crippen LogP contribution in [0.4, 0.5) is 0 Å². The van der Waals surface area contributed by atoms with Gasteiger partial charge in [-0.2, -0.15) is 50.5 Å². The summed E-state index contributed by atoms with van der Waals surface area (Å²) in [5.74, 6) is -2.08. The lowest BCUT2D eigenvalue weighted by molar-refractivity contribution is 0.449. The molecule has 1 aliphatic carbocycles. The molecule has 13 rings (SSSR count). The lowest BCUT2D eigenvalue weighted by Gasteiger charge is -2.31. The van der Waals surface area contributed by atoms with Crippen LogP contribution in [0.5, 0.6) is 34.5 Å². The first-order valence-corrected chi connectivity index (χ1v) is 48.4.